The number of anilines is 2. The van der Waals surface area contributed by atoms with Crippen molar-refractivity contribution in [3.63, 3.8) is 0 Å². The highest BCUT2D eigenvalue weighted by atomic mass is 16.5. The second-order valence-electron chi connectivity index (χ2n) is 4.47. The molecule has 1 aromatic rings. The number of methoxy groups -OCH3 is 1. The second-order valence-corrected chi connectivity index (χ2v) is 4.47. The van der Waals surface area contributed by atoms with E-state index >= 15 is 0 Å². The van der Waals surface area contributed by atoms with Gasteiger partial charge in [0, 0.05) is 24.3 Å². The van der Waals surface area contributed by atoms with Gasteiger partial charge in [0.25, 0.3) is 0 Å². The van der Waals surface area contributed by atoms with Crippen molar-refractivity contribution in [1.82, 2.24) is 0 Å². The highest BCUT2D eigenvalue weighted by Crippen LogP contribution is 2.34. The van der Waals surface area contributed by atoms with E-state index in [0.29, 0.717) is 6.04 Å². The number of hydrogen-bond acceptors (Lipinski definition) is 3. The zero-order chi connectivity index (χ0) is 11.5. The van der Waals surface area contributed by atoms with Crippen LogP contribution in [0.2, 0.25) is 0 Å². The quantitative estimate of drug-likeness (QED) is 0.779. The molecule has 2 N–H and O–H groups in total. The number of ether oxygens (including phenoxy) is 1. The summed E-state index contributed by atoms with van der Waals surface area (Å²) in [7, 11) is 1.70. The van der Waals surface area contributed by atoms with Crippen LogP contribution in [0, 0.1) is 0 Å². The molecule has 16 heavy (non-hydrogen) atoms. The van der Waals surface area contributed by atoms with Gasteiger partial charge in [0.2, 0.25) is 0 Å². The number of hydrogen-bond donors (Lipinski definition) is 1. The molecule has 0 spiro atoms. The van der Waals surface area contributed by atoms with Gasteiger partial charge in [-0.3, -0.25) is 0 Å². The van der Waals surface area contributed by atoms with E-state index < -0.39 is 0 Å². The summed E-state index contributed by atoms with van der Waals surface area (Å²) < 4.78 is 5.41. The van der Waals surface area contributed by atoms with Crippen molar-refractivity contribution < 1.29 is 4.74 Å². The molecule has 1 aromatic carbocycles. The van der Waals surface area contributed by atoms with Crippen LogP contribution in [0.3, 0.4) is 0 Å². The van der Waals surface area contributed by atoms with E-state index in [1.807, 2.05) is 12.1 Å². The summed E-state index contributed by atoms with van der Waals surface area (Å²) in [6.45, 7) is 3.39. The first-order valence-corrected chi connectivity index (χ1v) is 5.92. The molecule has 88 valence electrons. The van der Waals surface area contributed by atoms with Crippen molar-refractivity contribution >= 4 is 11.4 Å². The Kier molecular flexibility index (Phi) is 3.22. The molecule has 0 radical (unpaired) electrons. The second kappa shape index (κ2) is 4.64. The molecule has 3 heteroatoms. The third-order valence-corrected chi connectivity index (χ3v) is 3.32. The van der Waals surface area contributed by atoms with Crippen molar-refractivity contribution in [2.24, 2.45) is 0 Å². The Hall–Kier alpha value is -1.38. The average Bonchev–Trinajstić information content (AvgIpc) is 2.30. The first-order valence-electron chi connectivity index (χ1n) is 5.92. The van der Waals surface area contributed by atoms with Gasteiger partial charge in [0.15, 0.2) is 0 Å². The van der Waals surface area contributed by atoms with Gasteiger partial charge in [-0.2, -0.15) is 0 Å². The first kappa shape index (κ1) is 11.1. The standard InChI is InChI=1S/C13H20N2O/c1-10-5-3-4-8-15(10)12-7-6-11(14)9-13(12)16-2/h6-7,9-10H,3-5,8,14H2,1-2H3. The number of nitrogens with zero attached hydrogens (tertiary/aromatic N) is 1. The number of rotatable bonds is 2. The first-order chi connectivity index (χ1) is 7.72. The van der Waals surface area contributed by atoms with Crippen LogP contribution in [0.25, 0.3) is 0 Å². The number of piperidine rings is 1. The van der Waals surface area contributed by atoms with Crippen LogP contribution >= 0.6 is 0 Å². The molecule has 1 unspecified atom stereocenters. The maximum absolute atomic E-state index is 5.77. The molecule has 1 aliphatic rings. The van der Waals surface area contributed by atoms with Gasteiger partial charge in [-0.05, 0) is 38.3 Å². The smallest absolute Gasteiger partial charge is 0.144 e. The lowest BCUT2D eigenvalue weighted by molar-refractivity contribution is 0.407. The van der Waals surface area contributed by atoms with E-state index in [-0.39, 0.29) is 0 Å². The fourth-order valence-corrected chi connectivity index (χ4v) is 2.39. The molecular formula is C13H20N2O. The molecule has 0 saturated carbocycles. The van der Waals surface area contributed by atoms with Gasteiger partial charge in [-0.15, -0.1) is 0 Å². The van der Waals surface area contributed by atoms with E-state index in [0.717, 1.165) is 18.0 Å². The molecule has 3 nitrogen and oxygen atoms in total. The molecule has 0 aliphatic carbocycles. The minimum Gasteiger partial charge on any atom is -0.495 e. The number of nitrogen functional groups attached to an aromatic ring is 1. The van der Waals surface area contributed by atoms with Gasteiger partial charge in [-0.25, -0.2) is 0 Å². The molecule has 2 rings (SSSR count). The molecular weight excluding hydrogens is 200 g/mol. The van der Waals surface area contributed by atoms with Crippen molar-refractivity contribution in [3.8, 4) is 5.75 Å². The topological polar surface area (TPSA) is 38.5 Å². The van der Waals surface area contributed by atoms with E-state index in [1.165, 1.54) is 24.9 Å². The summed E-state index contributed by atoms with van der Waals surface area (Å²) in [5.41, 5.74) is 7.69. The van der Waals surface area contributed by atoms with Crippen molar-refractivity contribution in [1.29, 1.82) is 0 Å². The average molecular weight is 220 g/mol. The van der Waals surface area contributed by atoms with Gasteiger partial charge >= 0.3 is 0 Å². The van der Waals surface area contributed by atoms with Gasteiger partial charge in [-0.1, -0.05) is 0 Å². The summed E-state index contributed by atoms with van der Waals surface area (Å²) in [6.07, 6.45) is 3.85. The maximum Gasteiger partial charge on any atom is 0.144 e. The highest BCUT2D eigenvalue weighted by molar-refractivity contribution is 5.64. The fourth-order valence-electron chi connectivity index (χ4n) is 2.39. The molecule has 1 saturated heterocycles. The normalized spacial score (nSPS) is 20.9. The van der Waals surface area contributed by atoms with E-state index in [2.05, 4.69) is 17.9 Å². The zero-order valence-electron chi connectivity index (χ0n) is 10.1. The lowest BCUT2D eigenvalue weighted by atomic mass is 10.0. The highest BCUT2D eigenvalue weighted by Gasteiger charge is 2.21. The van der Waals surface area contributed by atoms with Crippen molar-refractivity contribution in [2.75, 3.05) is 24.3 Å². The summed E-state index contributed by atoms with van der Waals surface area (Å²) in [5, 5.41) is 0. The third kappa shape index (κ3) is 2.08. The Balaban J connectivity index is 2.30. The third-order valence-electron chi connectivity index (χ3n) is 3.32. The van der Waals surface area contributed by atoms with E-state index in [9.17, 15) is 0 Å². The summed E-state index contributed by atoms with van der Waals surface area (Å²) in [5.74, 6) is 0.883. The van der Waals surface area contributed by atoms with Crippen LogP contribution in [-0.4, -0.2) is 19.7 Å². The molecule has 1 atom stereocenters. The molecule has 0 bridgehead atoms. The monoisotopic (exact) mass is 220 g/mol. The van der Waals surface area contributed by atoms with Crippen LogP contribution in [-0.2, 0) is 0 Å². The summed E-state index contributed by atoms with van der Waals surface area (Å²) in [4.78, 5) is 2.42. The predicted octanol–water partition coefficient (Wildman–Crippen LogP) is 2.66. The lowest BCUT2D eigenvalue weighted by Gasteiger charge is -2.36. The number of benzene rings is 1. The van der Waals surface area contributed by atoms with Gasteiger partial charge < -0.3 is 15.4 Å². The minimum atomic E-state index is 0.589. The summed E-state index contributed by atoms with van der Waals surface area (Å²) >= 11 is 0. The predicted molar refractivity (Wildman–Crippen MR) is 68.1 cm³/mol. The van der Waals surface area contributed by atoms with Crippen molar-refractivity contribution in [2.45, 2.75) is 32.2 Å². The fraction of sp³-hybridized carbons (Fsp3) is 0.538. The Morgan fingerprint density at radius 2 is 2.19 bits per heavy atom. The Labute approximate surface area is 97.2 Å². The Morgan fingerprint density at radius 3 is 2.88 bits per heavy atom. The van der Waals surface area contributed by atoms with E-state index in [4.69, 9.17) is 10.5 Å². The van der Waals surface area contributed by atoms with Crippen molar-refractivity contribution in [3.05, 3.63) is 18.2 Å². The van der Waals surface area contributed by atoms with Crippen LogP contribution in [0.1, 0.15) is 26.2 Å². The molecule has 1 heterocycles. The van der Waals surface area contributed by atoms with Crippen LogP contribution < -0.4 is 15.4 Å². The molecule has 1 aliphatic heterocycles. The molecule has 1 fully saturated rings. The Morgan fingerprint density at radius 1 is 1.38 bits per heavy atom. The van der Waals surface area contributed by atoms with Crippen LogP contribution in [0.4, 0.5) is 11.4 Å². The maximum atomic E-state index is 5.77. The number of nitrogens with two attached hydrogens (primary N) is 1. The molecule has 0 aromatic heterocycles. The minimum absolute atomic E-state index is 0.589. The van der Waals surface area contributed by atoms with E-state index in [1.54, 1.807) is 7.11 Å². The van der Waals surface area contributed by atoms with Gasteiger partial charge in [0.05, 0.1) is 12.8 Å². The van der Waals surface area contributed by atoms with Gasteiger partial charge in [0.1, 0.15) is 5.75 Å². The summed E-state index contributed by atoms with van der Waals surface area (Å²) in [6, 6.07) is 6.50. The largest absolute Gasteiger partial charge is 0.495 e. The van der Waals surface area contributed by atoms with Crippen LogP contribution in [0.5, 0.6) is 5.75 Å². The SMILES string of the molecule is COc1cc(N)ccc1N1CCCCC1C. The molecule has 0 amide bonds. The lowest BCUT2D eigenvalue weighted by Crippen LogP contribution is -2.37. The van der Waals surface area contributed by atoms with Crippen LogP contribution in [0.15, 0.2) is 18.2 Å². The zero-order valence-corrected chi connectivity index (χ0v) is 10.1. The Bertz CT molecular complexity index is 365.